The summed E-state index contributed by atoms with van der Waals surface area (Å²) in [5, 5.41) is 0. The number of carbonyl (C=O) groups excluding carboxylic acids is 2. The highest BCUT2D eigenvalue weighted by Gasteiger charge is 2.45. The number of esters is 1. The molecule has 0 spiro atoms. The molecule has 3 heteroatoms. The summed E-state index contributed by atoms with van der Waals surface area (Å²) in [4.78, 5) is 23.3. The summed E-state index contributed by atoms with van der Waals surface area (Å²) in [5.74, 6) is -0.789. The number of ether oxygens (including phenoxy) is 1. The van der Waals surface area contributed by atoms with Crippen LogP contribution in [0.1, 0.15) is 18.9 Å². The van der Waals surface area contributed by atoms with Gasteiger partial charge in [0.15, 0.2) is 0 Å². The topological polar surface area (TPSA) is 43.4 Å². The summed E-state index contributed by atoms with van der Waals surface area (Å²) in [6.07, 6.45) is 2.27. The van der Waals surface area contributed by atoms with Crippen molar-refractivity contribution in [3.8, 4) is 0 Å². The molecule has 1 aliphatic carbocycles. The molecule has 2 heterocycles. The van der Waals surface area contributed by atoms with E-state index in [1.807, 2.05) is 36.4 Å². The van der Waals surface area contributed by atoms with Gasteiger partial charge in [0.05, 0.1) is 5.92 Å². The molecule has 0 radical (unpaired) electrons. The van der Waals surface area contributed by atoms with E-state index in [1.54, 1.807) is 6.92 Å². The Balaban J connectivity index is 2.01. The van der Waals surface area contributed by atoms with Gasteiger partial charge in [-0.3, -0.25) is 9.59 Å². The Labute approximate surface area is 105 Å². The molecule has 0 amide bonds. The van der Waals surface area contributed by atoms with Gasteiger partial charge >= 0.3 is 5.97 Å². The molecular weight excluding hydrogens is 228 g/mol. The van der Waals surface area contributed by atoms with Gasteiger partial charge in [-0.15, -0.1) is 0 Å². The Hall–Kier alpha value is -1.90. The molecule has 4 rings (SSSR count). The minimum absolute atomic E-state index is 0.0741. The molecule has 3 atom stereocenters. The summed E-state index contributed by atoms with van der Waals surface area (Å²) in [5.41, 5.74) is 2.11. The van der Waals surface area contributed by atoms with Crippen molar-refractivity contribution in [2.24, 2.45) is 11.8 Å². The van der Waals surface area contributed by atoms with E-state index in [1.165, 1.54) is 0 Å². The van der Waals surface area contributed by atoms with Crippen LogP contribution >= 0.6 is 0 Å². The number of hydrogen-bond donors (Lipinski definition) is 0. The number of ketones is 1. The number of fused-ring (bicyclic) bond motifs is 2. The van der Waals surface area contributed by atoms with E-state index in [0.717, 1.165) is 11.1 Å². The molecule has 2 aliphatic heterocycles. The first-order valence-electron chi connectivity index (χ1n) is 6.15. The monoisotopic (exact) mass is 242 g/mol. The minimum atomic E-state index is -0.400. The summed E-state index contributed by atoms with van der Waals surface area (Å²) in [6.45, 7) is 1.55. The van der Waals surface area contributed by atoms with Crippen molar-refractivity contribution in [1.82, 2.24) is 0 Å². The third-order valence-electron chi connectivity index (χ3n) is 3.77. The number of carbonyl (C=O) groups is 2. The fraction of sp³-hybridized carbons (Fsp3) is 0.333. The molecule has 0 aromatic heterocycles. The van der Waals surface area contributed by atoms with Crippen molar-refractivity contribution < 1.29 is 14.3 Å². The van der Waals surface area contributed by atoms with Gasteiger partial charge in [-0.25, -0.2) is 0 Å². The molecule has 0 N–H and O–H groups in total. The molecule has 2 bridgehead atoms. The molecule has 0 unspecified atom stereocenters. The zero-order chi connectivity index (χ0) is 12.7. The highest BCUT2D eigenvalue weighted by Crippen LogP contribution is 2.41. The van der Waals surface area contributed by atoms with Crippen LogP contribution in [-0.4, -0.2) is 17.9 Å². The van der Waals surface area contributed by atoms with Gasteiger partial charge in [0.2, 0.25) is 0 Å². The lowest BCUT2D eigenvalue weighted by molar-refractivity contribution is -0.162. The van der Waals surface area contributed by atoms with E-state index in [0.29, 0.717) is 6.42 Å². The van der Waals surface area contributed by atoms with Gasteiger partial charge in [-0.2, -0.15) is 0 Å². The third kappa shape index (κ3) is 1.67. The molecular formula is C15H14O3. The van der Waals surface area contributed by atoms with Crippen LogP contribution in [0.15, 0.2) is 36.4 Å². The van der Waals surface area contributed by atoms with Crippen LogP contribution in [0, 0.1) is 11.8 Å². The molecule has 92 valence electrons. The van der Waals surface area contributed by atoms with E-state index in [4.69, 9.17) is 4.74 Å². The van der Waals surface area contributed by atoms with Crippen molar-refractivity contribution in [1.29, 1.82) is 0 Å². The van der Waals surface area contributed by atoms with Gasteiger partial charge in [-0.1, -0.05) is 36.4 Å². The lowest BCUT2D eigenvalue weighted by Crippen LogP contribution is -2.44. The van der Waals surface area contributed by atoms with Crippen LogP contribution in [0.2, 0.25) is 0 Å². The zero-order valence-corrected chi connectivity index (χ0v) is 10.1. The minimum Gasteiger partial charge on any atom is -0.457 e. The molecule has 18 heavy (non-hydrogen) atoms. The molecule has 1 saturated heterocycles. The fourth-order valence-electron chi connectivity index (χ4n) is 2.82. The van der Waals surface area contributed by atoms with Crippen LogP contribution < -0.4 is 0 Å². The molecule has 1 fully saturated rings. The average Bonchev–Trinajstić information content (AvgIpc) is 2.39. The van der Waals surface area contributed by atoms with Gasteiger partial charge in [0.1, 0.15) is 11.9 Å². The number of rotatable bonds is 2. The SMILES string of the molecule is CC(=O)[C@@H]1C[C@@H]2OC(=O)[C@H]1C=C2c1ccccc1. The van der Waals surface area contributed by atoms with Gasteiger partial charge in [-0.05, 0) is 24.5 Å². The van der Waals surface area contributed by atoms with Crippen LogP contribution in [0.5, 0.6) is 0 Å². The maximum Gasteiger partial charge on any atom is 0.314 e. The van der Waals surface area contributed by atoms with E-state index < -0.39 is 5.92 Å². The highest BCUT2D eigenvalue weighted by molar-refractivity contribution is 5.93. The Morgan fingerprint density at radius 2 is 2.00 bits per heavy atom. The quantitative estimate of drug-likeness (QED) is 0.747. The summed E-state index contributed by atoms with van der Waals surface area (Å²) >= 11 is 0. The van der Waals surface area contributed by atoms with E-state index in [-0.39, 0.29) is 23.8 Å². The van der Waals surface area contributed by atoms with E-state index >= 15 is 0 Å². The maximum absolute atomic E-state index is 11.7. The average molecular weight is 242 g/mol. The summed E-state index contributed by atoms with van der Waals surface area (Å²) in [7, 11) is 0. The molecule has 0 saturated carbocycles. The Bertz CT molecular complexity index is 530. The Morgan fingerprint density at radius 3 is 2.61 bits per heavy atom. The van der Waals surface area contributed by atoms with Crippen molar-refractivity contribution in [3.05, 3.63) is 42.0 Å². The van der Waals surface area contributed by atoms with Crippen LogP contribution in [0.4, 0.5) is 0 Å². The van der Waals surface area contributed by atoms with Gasteiger partial charge < -0.3 is 4.74 Å². The van der Waals surface area contributed by atoms with Crippen LogP contribution in [-0.2, 0) is 14.3 Å². The van der Waals surface area contributed by atoms with E-state index in [9.17, 15) is 9.59 Å². The number of hydrogen-bond acceptors (Lipinski definition) is 3. The zero-order valence-electron chi connectivity index (χ0n) is 10.1. The van der Waals surface area contributed by atoms with Crippen molar-refractivity contribution in [2.45, 2.75) is 19.4 Å². The highest BCUT2D eigenvalue weighted by atomic mass is 16.5. The fourth-order valence-corrected chi connectivity index (χ4v) is 2.82. The van der Waals surface area contributed by atoms with Crippen LogP contribution in [0.25, 0.3) is 5.57 Å². The first kappa shape index (κ1) is 11.2. The van der Waals surface area contributed by atoms with Crippen molar-refractivity contribution in [3.63, 3.8) is 0 Å². The van der Waals surface area contributed by atoms with Gasteiger partial charge in [0.25, 0.3) is 0 Å². The third-order valence-corrected chi connectivity index (χ3v) is 3.77. The van der Waals surface area contributed by atoms with Crippen LogP contribution in [0.3, 0.4) is 0 Å². The molecule has 3 aliphatic rings. The van der Waals surface area contributed by atoms with Crippen molar-refractivity contribution >= 4 is 17.3 Å². The smallest absolute Gasteiger partial charge is 0.314 e. The standard InChI is InChI=1S/C15H14O3/c1-9(16)11-8-14-12(7-13(11)15(17)18-14)10-5-3-2-4-6-10/h2-7,11,13-14H,8H2,1H3/t11-,13-,14-/m0/s1. The summed E-state index contributed by atoms with van der Waals surface area (Å²) in [6, 6.07) is 9.88. The maximum atomic E-state index is 11.7. The Kier molecular flexibility index (Phi) is 2.54. The largest absolute Gasteiger partial charge is 0.457 e. The predicted molar refractivity (Wildman–Crippen MR) is 66.6 cm³/mol. The lowest BCUT2D eigenvalue weighted by Gasteiger charge is -2.39. The lowest BCUT2D eigenvalue weighted by atomic mass is 9.73. The summed E-state index contributed by atoms with van der Waals surface area (Å²) < 4.78 is 5.37. The molecule has 1 aromatic rings. The first-order chi connectivity index (χ1) is 8.66. The van der Waals surface area contributed by atoms with Crippen molar-refractivity contribution in [2.75, 3.05) is 0 Å². The first-order valence-corrected chi connectivity index (χ1v) is 6.15. The number of Topliss-reactive ketones (excluding diaryl/α,β-unsaturated/α-hetero) is 1. The molecule has 1 aromatic carbocycles. The normalized spacial score (nSPS) is 29.7. The van der Waals surface area contributed by atoms with E-state index in [2.05, 4.69) is 0 Å². The molecule has 3 nitrogen and oxygen atoms in total. The second kappa shape index (κ2) is 4.09. The predicted octanol–water partition coefficient (Wildman–Crippen LogP) is 2.22. The second-order valence-electron chi connectivity index (χ2n) is 4.89. The number of benzene rings is 1. The Morgan fingerprint density at radius 1 is 1.28 bits per heavy atom. The second-order valence-corrected chi connectivity index (χ2v) is 4.89. The van der Waals surface area contributed by atoms with Gasteiger partial charge in [0, 0.05) is 5.92 Å².